The maximum atomic E-state index is 13.0. The van der Waals surface area contributed by atoms with Crippen LogP contribution in [0, 0.1) is 0 Å². The van der Waals surface area contributed by atoms with Crippen molar-refractivity contribution in [2.45, 2.75) is 24.4 Å². The third kappa shape index (κ3) is 1.66. The minimum absolute atomic E-state index is 0.479. The van der Waals surface area contributed by atoms with Crippen molar-refractivity contribution in [3.63, 3.8) is 0 Å². The molecular formula is C12H11BrF2N2O. The van der Waals surface area contributed by atoms with Crippen LogP contribution in [0.1, 0.15) is 18.4 Å². The summed E-state index contributed by atoms with van der Waals surface area (Å²) in [6.45, 7) is 0. The minimum atomic E-state index is -2.77. The molecule has 0 aliphatic heterocycles. The number of benzene rings is 1. The fraction of sp³-hybridized carbons (Fsp3) is 0.417. The molecule has 3 nitrogen and oxygen atoms in total. The summed E-state index contributed by atoms with van der Waals surface area (Å²) in [4.78, 5) is 0. The number of nitrogens with zero attached hydrogens (tertiary/aromatic N) is 2. The Morgan fingerprint density at radius 3 is 2.67 bits per heavy atom. The Bertz CT molecular complexity index is 630. The van der Waals surface area contributed by atoms with Crippen molar-refractivity contribution >= 4 is 26.8 Å². The van der Waals surface area contributed by atoms with Crippen LogP contribution in [0.15, 0.2) is 22.8 Å². The summed E-state index contributed by atoms with van der Waals surface area (Å²) in [5.41, 5.74) is -0.409. The highest BCUT2D eigenvalue weighted by Crippen LogP contribution is 2.53. The van der Waals surface area contributed by atoms with E-state index in [0.29, 0.717) is 11.1 Å². The minimum Gasteiger partial charge on any atom is -0.385 e. The highest BCUT2D eigenvalue weighted by molar-refractivity contribution is 9.10. The van der Waals surface area contributed by atoms with Gasteiger partial charge in [-0.05, 0) is 6.07 Å². The molecule has 96 valence electrons. The number of rotatable bonds is 1. The molecule has 3 rings (SSSR count). The maximum absolute atomic E-state index is 13.0. The summed E-state index contributed by atoms with van der Waals surface area (Å²) >= 11 is 3.39. The highest BCUT2D eigenvalue weighted by Gasteiger charge is 2.57. The fourth-order valence-corrected chi connectivity index (χ4v) is 2.98. The zero-order valence-corrected chi connectivity index (χ0v) is 11.2. The quantitative estimate of drug-likeness (QED) is 0.878. The molecule has 6 heteroatoms. The molecule has 1 fully saturated rings. The highest BCUT2D eigenvalue weighted by atomic mass is 79.9. The summed E-state index contributed by atoms with van der Waals surface area (Å²) in [6, 6.07) is 3.42. The Hall–Kier alpha value is -1.01. The van der Waals surface area contributed by atoms with Crippen molar-refractivity contribution in [3.05, 3.63) is 28.4 Å². The average Bonchev–Trinajstić information content (AvgIpc) is 2.57. The van der Waals surface area contributed by atoms with E-state index in [4.69, 9.17) is 0 Å². The zero-order valence-electron chi connectivity index (χ0n) is 9.62. The summed E-state index contributed by atoms with van der Waals surface area (Å²) in [5.74, 6) is -2.77. The Balaban J connectivity index is 2.16. The van der Waals surface area contributed by atoms with E-state index in [-0.39, 0.29) is 0 Å². The van der Waals surface area contributed by atoms with Crippen LogP contribution in [-0.2, 0) is 12.6 Å². The molecule has 1 aromatic heterocycles. The molecule has 1 saturated carbocycles. The van der Waals surface area contributed by atoms with Crippen LogP contribution < -0.4 is 0 Å². The molecule has 0 unspecified atom stereocenters. The monoisotopic (exact) mass is 316 g/mol. The van der Waals surface area contributed by atoms with Crippen LogP contribution in [0.25, 0.3) is 10.9 Å². The summed E-state index contributed by atoms with van der Waals surface area (Å²) in [6.07, 6.45) is 0.726. The predicted octanol–water partition coefficient (Wildman–Crippen LogP) is 2.95. The molecule has 1 aliphatic carbocycles. The van der Waals surface area contributed by atoms with Gasteiger partial charge >= 0.3 is 0 Å². The van der Waals surface area contributed by atoms with E-state index in [1.54, 1.807) is 30.1 Å². The molecule has 1 aromatic carbocycles. The lowest BCUT2D eigenvalue weighted by molar-refractivity contribution is -0.209. The van der Waals surface area contributed by atoms with Gasteiger partial charge in [0, 0.05) is 41.5 Å². The number of halogens is 3. The standard InChI is InChI=1S/C12H11BrF2N2O/c1-17-4-7-9(13)3-2-8(10(7)16-17)11(18)5-12(14,15)6-11/h2-4,18H,5-6H2,1H3. The second kappa shape index (κ2) is 3.51. The van der Waals surface area contributed by atoms with E-state index >= 15 is 0 Å². The van der Waals surface area contributed by atoms with Crippen molar-refractivity contribution in [2.24, 2.45) is 7.05 Å². The number of aromatic nitrogens is 2. The van der Waals surface area contributed by atoms with Crippen LogP contribution in [-0.4, -0.2) is 20.8 Å². The van der Waals surface area contributed by atoms with Crippen molar-refractivity contribution in [1.29, 1.82) is 0 Å². The fourth-order valence-electron chi connectivity index (χ4n) is 2.56. The van der Waals surface area contributed by atoms with Crippen molar-refractivity contribution < 1.29 is 13.9 Å². The maximum Gasteiger partial charge on any atom is 0.254 e. The van der Waals surface area contributed by atoms with Gasteiger partial charge in [-0.25, -0.2) is 8.78 Å². The van der Waals surface area contributed by atoms with Crippen LogP contribution >= 0.6 is 15.9 Å². The van der Waals surface area contributed by atoms with Crippen molar-refractivity contribution in [3.8, 4) is 0 Å². The molecule has 0 amide bonds. The number of alkyl halides is 2. The van der Waals surface area contributed by atoms with Gasteiger partial charge < -0.3 is 5.11 Å². The van der Waals surface area contributed by atoms with Crippen molar-refractivity contribution in [2.75, 3.05) is 0 Å². The molecule has 1 N–H and O–H groups in total. The van der Waals surface area contributed by atoms with Gasteiger partial charge in [0.25, 0.3) is 5.92 Å². The first-order chi connectivity index (χ1) is 8.31. The number of aliphatic hydroxyl groups is 1. The largest absolute Gasteiger partial charge is 0.385 e. The number of aryl methyl sites for hydroxylation is 1. The van der Waals surface area contributed by atoms with E-state index in [0.717, 1.165) is 9.86 Å². The molecular weight excluding hydrogens is 306 g/mol. The summed E-state index contributed by atoms with van der Waals surface area (Å²) < 4.78 is 28.5. The average molecular weight is 317 g/mol. The van der Waals surface area contributed by atoms with Crippen LogP contribution in [0.5, 0.6) is 0 Å². The van der Waals surface area contributed by atoms with E-state index in [1.165, 1.54) is 0 Å². The molecule has 0 atom stereocenters. The zero-order chi connectivity index (χ0) is 13.1. The van der Waals surface area contributed by atoms with E-state index in [2.05, 4.69) is 21.0 Å². The normalized spacial score (nSPS) is 20.9. The lowest BCUT2D eigenvalue weighted by Crippen LogP contribution is -2.49. The first-order valence-electron chi connectivity index (χ1n) is 5.53. The first-order valence-corrected chi connectivity index (χ1v) is 6.33. The topological polar surface area (TPSA) is 38.0 Å². The van der Waals surface area contributed by atoms with Gasteiger partial charge in [-0.1, -0.05) is 22.0 Å². The molecule has 0 bridgehead atoms. The third-order valence-corrected chi connectivity index (χ3v) is 4.03. The first kappa shape index (κ1) is 12.0. The Kier molecular flexibility index (Phi) is 2.35. The predicted molar refractivity (Wildman–Crippen MR) is 66.5 cm³/mol. The van der Waals surface area contributed by atoms with Gasteiger partial charge in [0.1, 0.15) is 5.60 Å². The molecule has 1 aliphatic rings. The molecule has 1 heterocycles. The molecule has 0 radical (unpaired) electrons. The summed E-state index contributed by atoms with van der Waals surface area (Å²) in [5, 5.41) is 15.3. The lowest BCUT2D eigenvalue weighted by atomic mass is 9.71. The Labute approximate surface area is 111 Å². The van der Waals surface area contributed by atoms with Crippen LogP contribution in [0.2, 0.25) is 0 Å². The van der Waals surface area contributed by atoms with Gasteiger partial charge in [-0.2, -0.15) is 5.10 Å². The van der Waals surface area contributed by atoms with Gasteiger partial charge in [0.2, 0.25) is 0 Å². The SMILES string of the molecule is Cn1cc2c(Br)ccc(C3(O)CC(F)(F)C3)c2n1. The van der Waals surface area contributed by atoms with Crippen LogP contribution in [0.3, 0.4) is 0 Å². The van der Waals surface area contributed by atoms with Gasteiger partial charge in [-0.15, -0.1) is 0 Å². The third-order valence-electron chi connectivity index (χ3n) is 3.34. The second-order valence-electron chi connectivity index (χ2n) is 4.90. The van der Waals surface area contributed by atoms with E-state index < -0.39 is 24.4 Å². The number of fused-ring (bicyclic) bond motifs is 1. The Morgan fingerprint density at radius 1 is 1.39 bits per heavy atom. The summed E-state index contributed by atoms with van der Waals surface area (Å²) in [7, 11) is 1.76. The second-order valence-corrected chi connectivity index (χ2v) is 5.76. The smallest absolute Gasteiger partial charge is 0.254 e. The van der Waals surface area contributed by atoms with Gasteiger partial charge in [0.15, 0.2) is 0 Å². The molecule has 2 aromatic rings. The van der Waals surface area contributed by atoms with Gasteiger partial charge in [0.05, 0.1) is 5.52 Å². The van der Waals surface area contributed by atoms with Gasteiger partial charge in [-0.3, -0.25) is 4.68 Å². The number of hydrogen-bond donors (Lipinski definition) is 1. The molecule has 0 saturated heterocycles. The van der Waals surface area contributed by atoms with E-state index in [9.17, 15) is 13.9 Å². The lowest BCUT2D eigenvalue weighted by Gasteiger charge is -2.43. The Morgan fingerprint density at radius 2 is 2.06 bits per heavy atom. The van der Waals surface area contributed by atoms with Crippen molar-refractivity contribution in [1.82, 2.24) is 9.78 Å². The van der Waals surface area contributed by atoms with E-state index in [1.807, 2.05) is 0 Å². The molecule has 0 spiro atoms. The number of hydrogen-bond acceptors (Lipinski definition) is 2. The molecule has 18 heavy (non-hydrogen) atoms. The van der Waals surface area contributed by atoms with Crippen LogP contribution in [0.4, 0.5) is 8.78 Å².